The van der Waals surface area contributed by atoms with Crippen LogP contribution in [0.2, 0.25) is 0 Å². The second-order valence-corrected chi connectivity index (χ2v) is 8.76. The standard InChI is InChI=1S/C22H30N6O6S/c1-35-7-6-17(27-20(32)16(23)9-14-10-24-12-26-14)22(34)28-18(21(33)25-11-19(30)31)8-13-2-4-15(29)5-3-13/h2-5,10,12,16-18,29H,6-9,11,23H2,1H3,(H,24,26)(H,25,33)(H,27,32)(H,28,34)(H,30,31). The molecule has 190 valence electrons. The molecule has 0 saturated heterocycles. The number of amides is 3. The number of thioether (sulfide) groups is 1. The van der Waals surface area contributed by atoms with Crippen LogP contribution in [0, 0.1) is 0 Å². The summed E-state index contributed by atoms with van der Waals surface area (Å²) in [4.78, 5) is 56.0. The van der Waals surface area contributed by atoms with E-state index in [0.29, 0.717) is 17.0 Å². The van der Waals surface area contributed by atoms with Crippen molar-refractivity contribution in [2.45, 2.75) is 37.4 Å². The molecule has 3 amide bonds. The summed E-state index contributed by atoms with van der Waals surface area (Å²) in [5, 5.41) is 25.9. The Balaban J connectivity index is 2.11. The minimum atomic E-state index is -1.23. The van der Waals surface area contributed by atoms with Crippen molar-refractivity contribution in [2.75, 3.05) is 18.6 Å². The maximum atomic E-state index is 13.1. The topological polar surface area (TPSA) is 200 Å². The quantitative estimate of drug-likeness (QED) is 0.170. The van der Waals surface area contributed by atoms with Crippen molar-refractivity contribution in [3.8, 4) is 5.75 Å². The third-order valence-corrected chi connectivity index (χ3v) is 5.64. The van der Waals surface area contributed by atoms with Gasteiger partial charge in [0.05, 0.1) is 12.4 Å². The number of hydrogen-bond donors (Lipinski definition) is 7. The Kier molecular flexibility index (Phi) is 11.0. The zero-order valence-corrected chi connectivity index (χ0v) is 20.0. The fourth-order valence-electron chi connectivity index (χ4n) is 3.14. The van der Waals surface area contributed by atoms with Crippen molar-refractivity contribution >= 4 is 35.5 Å². The molecule has 13 heteroatoms. The van der Waals surface area contributed by atoms with Crippen LogP contribution in [-0.2, 0) is 32.0 Å². The molecule has 0 spiro atoms. The third-order valence-electron chi connectivity index (χ3n) is 5.00. The first-order chi connectivity index (χ1) is 16.7. The van der Waals surface area contributed by atoms with Gasteiger partial charge in [-0.25, -0.2) is 4.98 Å². The van der Waals surface area contributed by atoms with Crippen molar-refractivity contribution < 1.29 is 29.4 Å². The Hall–Kier alpha value is -3.58. The van der Waals surface area contributed by atoms with E-state index < -0.39 is 48.4 Å². The molecule has 0 aliphatic rings. The molecular formula is C22H30N6O6S. The number of imidazole rings is 1. The van der Waals surface area contributed by atoms with Gasteiger partial charge < -0.3 is 36.9 Å². The molecule has 35 heavy (non-hydrogen) atoms. The van der Waals surface area contributed by atoms with E-state index in [4.69, 9.17) is 10.8 Å². The summed E-state index contributed by atoms with van der Waals surface area (Å²) in [5.41, 5.74) is 7.28. The van der Waals surface area contributed by atoms with Crippen LogP contribution in [0.4, 0.5) is 0 Å². The van der Waals surface area contributed by atoms with Crippen LogP contribution in [0.25, 0.3) is 0 Å². The summed E-state index contributed by atoms with van der Waals surface area (Å²) in [6, 6.07) is 3.04. The van der Waals surface area contributed by atoms with Gasteiger partial charge in [0.1, 0.15) is 24.4 Å². The predicted octanol–water partition coefficient (Wildman–Crippen LogP) is -0.849. The van der Waals surface area contributed by atoms with Crippen molar-refractivity contribution in [2.24, 2.45) is 5.73 Å². The monoisotopic (exact) mass is 506 g/mol. The molecule has 3 unspecified atom stereocenters. The first-order valence-electron chi connectivity index (χ1n) is 10.8. The number of nitrogens with one attached hydrogen (secondary N) is 4. The number of aliphatic carboxylic acids is 1. The molecular weight excluding hydrogens is 476 g/mol. The SMILES string of the molecule is CSCCC(NC(=O)C(N)Cc1cnc[nH]1)C(=O)NC(Cc1ccc(O)cc1)C(=O)NCC(=O)O. The van der Waals surface area contributed by atoms with Crippen molar-refractivity contribution in [3.05, 3.63) is 48.0 Å². The molecule has 12 nitrogen and oxygen atoms in total. The van der Waals surface area contributed by atoms with Crippen LogP contribution < -0.4 is 21.7 Å². The van der Waals surface area contributed by atoms with Crippen LogP contribution in [0.15, 0.2) is 36.8 Å². The molecule has 0 fully saturated rings. The lowest BCUT2D eigenvalue weighted by molar-refractivity contribution is -0.138. The number of carbonyl (C=O) groups is 4. The van der Waals surface area contributed by atoms with Gasteiger partial charge in [0.2, 0.25) is 17.7 Å². The molecule has 0 radical (unpaired) electrons. The fourth-order valence-corrected chi connectivity index (χ4v) is 3.62. The number of phenolic OH excluding ortho intramolecular Hbond substituents is 1. The highest BCUT2D eigenvalue weighted by Crippen LogP contribution is 2.12. The Morgan fingerprint density at radius 2 is 1.74 bits per heavy atom. The van der Waals surface area contributed by atoms with E-state index in [9.17, 15) is 24.3 Å². The van der Waals surface area contributed by atoms with E-state index in [1.54, 1.807) is 18.3 Å². The average molecular weight is 507 g/mol. The minimum absolute atomic E-state index is 0.0379. The lowest BCUT2D eigenvalue weighted by Gasteiger charge is -2.24. The van der Waals surface area contributed by atoms with Gasteiger partial charge in [-0.15, -0.1) is 0 Å². The number of aromatic hydroxyl groups is 1. The molecule has 2 aromatic rings. The maximum absolute atomic E-state index is 13.1. The van der Waals surface area contributed by atoms with Gasteiger partial charge in [0, 0.05) is 24.7 Å². The van der Waals surface area contributed by atoms with Gasteiger partial charge in [0.15, 0.2) is 0 Å². The van der Waals surface area contributed by atoms with Crippen LogP contribution in [-0.4, -0.2) is 80.6 Å². The van der Waals surface area contributed by atoms with Crippen LogP contribution in [0.1, 0.15) is 17.7 Å². The van der Waals surface area contributed by atoms with Gasteiger partial charge in [-0.1, -0.05) is 12.1 Å². The Morgan fingerprint density at radius 1 is 1.06 bits per heavy atom. The number of carbonyl (C=O) groups excluding carboxylic acids is 3. The molecule has 0 bridgehead atoms. The van der Waals surface area contributed by atoms with Crippen LogP contribution >= 0.6 is 11.8 Å². The number of aromatic amines is 1. The molecule has 0 aliphatic carbocycles. The van der Waals surface area contributed by atoms with Gasteiger partial charge >= 0.3 is 5.97 Å². The average Bonchev–Trinajstić information content (AvgIpc) is 3.33. The predicted molar refractivity (Wildman–Crippen MR) is 130 cm³/mol. The molecule has 1 aromatic heterocycles. The van der Waals surface area contributed by atoms with Crippen LogP contribution in [0.3, 0.4) is 0 Å². The number of H-pyrrole nitrogens is 1. The molecule has 0 aliphatic heterocycles. The number of carboxylic acid groups (broad SMARTS) is 1. The number of nitrogens with two attached hydrogens (primary N) is 1. The van der Waals surface area contributed by atoms with Crippen molar-refractivity contribution in [1.29, 1.82) is 0 Å². The highest BCUT2D eigenvalue weighted by Gasteiger charge is 2.28. The molecule has 1 aromatic carbocycles. The molecule has 3 atom stereocenters. The number of phenols is 1. The highest BCUT2D eigenvalue weighted by atomic mass is 32.2. The van der Waals surface area contributed by atoms with E-state index in [0.717, 1.165) is 0 Å². The molecule has 2 rings (SSSR count). The molecule has 1 heterocycles. The van der Waals surface area contributed by atoms with E-state index in [1.165, 1.54) is 30.2 Å². The Bertz CT molecular complexity index is 985. The number of aromatic nitrogens is 2. The Labute approximate surface area is 206 Å². The minimum Gasteiger partial charge on any atom is -0.508 e. The third kappa shape index (κ3) is 9.66. The fraction of sp³-hybridized carbons (Fsp3) is 0.409. The lowest BCUT2D eigenvalue weighted by atomic mass is 10.0. The second-order valence-electron chi connectivity index (χ2n) is 7.77. The summed E-state index contributed by atoms with van der Waals surface area (Å²) in [5.74, 6) is -2.47. The number of carboxylic acids is 1. The van der Waals surface area contributed by atoms with Crippen molar-refractivity contribution in [3.63, 3.8) is 0 Å². The maximum Gasteiger partial charge on any atom is 0.322 e. The lowest BCUT2D eigenvalue weighted by Crippen LogP contribution is -2.56. The molecule has 8 N–H and O–H groups in total. The van der Waals surface area contributed by atoms with Crippen molar-refractivity contribution in [1.82, 2.24) is 25.9 Å². The second kappa shape index (κ2) is 14.0. The highest BCUT2D eigenvalue weighted by molar-refractivity contribution is 7.98. The van der Waals surface area contributed by atoms with E-state index >= 15 is 0 Å². The number of rotatable bonds is 14. The van der Waals surface area contributed by atoms with E-state index in [2.05, 4.69) is 25.9 Å². The van der Waals surface area contributed by atoms with Gasteiger partial charge in [0.25, 0.3) is 0 Å². The largest absolute Gasteiger partial charge is 0.508 e. The zero-order valence-electron chi connectivity index (χ0n) is 19.2. The number of hydrogen-bond acceptors (Lipinski definition) is 8. The first-order valence-corrected chi connectivity index (χ1v) is 12.2. The normalized spacial score (nSPS) is 13.3. The number of benzene rings is 1. The summed E-state index contributed by atoms with van der Waals surface area (Å²) < 4.78 is 0. The summed E-state index contributed by atoms with van der Waals surface area (Å²) in [6.07, 6.45) is 5.41. The summed E-state index contributed by atoms with van der Waals surface area (Å²) in [6.45, 7) is -0.615. The Morgan fingerprint density at radius 3 is 2.34 bits per heavy atom. The van der Waals surface area contributed by atoms with Crippen LogP contribution in [0.5, 0.6) is 5.75 Å². The van der Waals surface area contributed by atoms with E-state index in [1.807, 2.05) is 6.26 Å². The molecule has 0 saturated carbocycles. The zero-order chi connectivity index (χ0) is 25.8. The van der Waals surface area contributed by atoms with Gasteiger partial charge in [-0.05, 0) is 36.1 Å². The van der Waals surface area contributed by atoms with Gasteiger partial charge in [-0.2, -0.15) is 11.8 Å². The summed E-state index contributed by atoms with van der Waals surface area (Å²) >= 11 is 1.48. The smallest absolute Gasteiger partial charge is 0.322 e. The van der Waals surface area contributed by atoms with Gasteiger partial charge in [-0.3, -0.25) is 19.2 Å². The van der Waals surface area contributed by atoms with E-state index in [-0.39, 0.29) is 25.0 Å². The summed E-state index contributed by atoms with van der Waals surface area (Å²) in [7, 11) is 0. The first kappa shape index (κ1) is 27.7. The number of nitrogens with zero attached hydrogens (tertiary/aromatic N) is 1.